The Morgan fingerprint density at radius 2 is 1.74 bits per heavy atom. The van der Waals surface area contributed by atoms with E-state index in [1.807, 2.05) is 26.0 Å². The smallest absolute Gasteiger partial charge is 0.243 e. The molecule has 0 unspecified atom stereocenters. The summed E-state index contributed by atoms with van der Waals surface area (Å²) in [6, 6.07) is 6.97. The first-order chi connectivity index (χ1) is 10.9. The fourth-order valence-electron chi connectivity index (χ4n) is 2.53. The normalized spacial score (nSPS) is 17.1. The van der Waals surface area contributed by atoms with Crippen molar-refractivity contribution in [1.82, 2.24) is 14.5 Å². The molecule has 6 nitrogen and oxygen atoms in total. The van der Waals surface area contributed by atoms with E-state index in [1.165, 1.54) is 0 Å². The predicted octanol–water partition coefficient (Wildman–Crippen LogP) is 0.828. The average molecular weight is 339 g/mol. The number of benzene rings is 1. The molecule has 23 heavy (non-hydrogen) atoms. The van der Waals surface area contributed by atoms with Crippen molar-refractivity contribution >= 4 is 15.9 Å². The Labute approximate surface area is 138 Å². The molecule has 1 saturated heterocycles. The van der Waals surface area contributed by atoms with Gasteiger partial charge in [-0.1, -0.05) is 24.6 Å². The van der Waals surface area contributed by atoms with Gasteiger partial charge in [0.1, 0.15) is 0 Å². The lowest BCUT2D eigenvalue weighted by Crippen LogP contribution is -2.50. The highest BCUT2D eigenvalue weighted by atomic mass is 32.2. The number of nitrogens with zero attached hydrogens (tertiary/aromatic N) is 2. The van der Waals surface area contributed by atoms with Gasteiger partial charge in [-0.05, 0) is 19.1 Å². The zero-order chi connectivity index (χ0) is 16.9. The van der Waals surface area contributed by atoms with Crippen molar-refractivity contribution in [1.29, 1.82) is 0 Å². The number of hydrogen-bond donors (Lipinski definition) is 1. The highest BCUT2D eigenvalue weighted by Crippen LogP contribution is 2.18. The molecule has 0 atom stereocenters. The van der Waals surface area contributed by atoms with Gasteiger partial charge in [0.2, 0.25) is 15.9 Å². The Morgan fingerprint density at radius 1 is 1.13 bits per heavy atom. The third kappa shape index (κ3) is 4.76. The minimum atomic E-state index is -3.40. The molecule has 2 rings (SSSR count). The molecular formula is C16H25N3O3S. The SMILES string of the molecule is CCC(=O)NCCN1CCN(S(=O)(=O)c2ccc(C)cc2)CC1. The fourth-order valence-corrected chi connectivity index (χ4v) is 3.95. The highest BCUT2D eigenvalue weighted by molar-refractivity contribution is 7.89. The van der Waals surface area contributed by atoms with E-state index < -0.39 is 10.0 Å². The predicted molar refractivity (Wildman–Crippen MR) is 89.7 cm³/mol. The Kier molecular flexibility index (Phi) is 6.15. The van der Waals surface area contributed by atoms with Crippen LogP contribution >= 0.6 is 0 Å². The number of carbonyl (C=O) groups is 1. The number of nitrogens with one attached hydrogen (secondary N) is 1. The molecule has 1 fully saturated rings. The highest BCUT2D eigenvalue weighted by Gasteiger charge is 2.28. The molecule has 1 heterocycles. The summed E-state index contributed by atoms with van der Waals surface area (Å²) in [6.07, 6.45) is 0.489. The number of piperazine rings is 1. The largest absolute Gasteiger partial charge is 0.355 e. The van der Waals surface area contributed by atoms with E-state index in [-0.39, 0.29) is 5.91 Å². The average Bonchev–Trinajstić information content (AvgIpc) is 2.55. The van der Waals surface area contributed by atoms with E-state index in [1.54, 1.807) is 16.4 Å². The standard InChI is InChI=1S/C16H25N3O3S/c1-3-16(20)17-8-9-18-10-12-19(13-11-18)23(21,22)15-6-4-14(2)5-7-15/h4-7H,3,8-13H2,1-2H3,(H,17,20). The first-order valence-electron chi connectivity index (χ1n) is 7.99. The molecule has 0 saturated carbocycles. The van der Waals surface area contributed by atoms with Crippen LogP contribution in [0.15, 0.2) is 29.2 Å². The van der Waals surface area contributed by atoms with Crippen LogP contribution in [0.4, 0.5) is 0 Å². The fraction of sp³-hybridized carbons (Fsp3) is 0.562. The van der Waals surface area contributed by atoms with Crippen LogP contribution in [0.5, 0.6) is 0 Å². The number of aryl methyl sites for hydroxylation is 1. The number of hydrogen-bond acceptors (Lipinski definition) is 4. The van der Waals surface area contributed by atoms with Crippen molar-refractivity contribution in [3.05, 3.63) is 29.8 Å². The van der Waals surface area contributed by atoms with E-state index in [2.05, 4.69) is 10.2 Å². The van der Waals surface area contributed by atoms with Gasteiger partial charge in [-0.3, -0.25) is 9.69 Å². The van der Waals surface area contributed by atoms with Crippen molar-refractivity contribution in [2.45, 2.75) is 25.2 Å². The Hall–Kier alpha value is -1.44. The van der Waals surface area contributed by atoms with Crippen LogP contribution in [0.3, 0.4) is 0 Å². The van der Waals surface area contributed by atoms with Crippen LogP contribution in [-0.2, 0) is 14.8 Å². The lowest BCUT2D eigenvalue weighted by atomic mass is 10.2. The summed E-state index contributed by atoms with van der Waals surface area (Å²) in [6.45, 7) is 7.47. The topological polar surface area (TPSA) is 69.7 Å². The number of sulfonamides is 1. The van der Waals surface area contributed by atoms with Gasteiger partial charge < -0.3 is 5.32 Å². The molecular weight excluding hydrogens is 314 g/mol. The van der Waals surface area contributed by atoms with Gasteiger partial charge in [0, 0.05) is 45.7 Å². The van der Waals surface area contributed by atoms with Crippen LogP contribution in [0.25, 0.3) is 0 Å². The third-order valence-corrected chi connectivity index (χ3v) is 5.97. The maximum absolute atomic E-state index is 12.6. The van der Waals surface area contributed by atoms with Crippen molar-refractivity contribution in [3.63, 3.8) is 0 Å². The molecule has 0 bridgehead atoms. The van der Waals surface area contributed by atoms with Crippen LogP contribution in [0, 0.1) is 6.92 Å². The van der Waals surface area contributed by atoms with Crippen LogP contribution < -0.4 is 5.32 Å². The minimum absolute atomic E-state index is 0.0468. The second-order valence-electron chi connectivity index (χ2n) is 5.76. The van der Waals surface area contributed by atoms with Crippen LogP contribution in [-0.4, -0.2) is 62.8 Å². The van der Waals surface area contributed by atoms with Crippen LogP contribution in [0.2, 0.25) is 0 Å². The molecule has 1 aliphatic heterocycles. The number of carbonyl (C=O) groups excluding carboxylic acids is 1. The summed E-state index contributed by atoms with van der Waals surface area (Å²) < 4.78 is 26.7. The lowest BCUT2D eigenvalue weighted by Gasteiger charge is -2.34. The molecule has 128 valence electrons. The van der Waals surface area contributed by atoms with Crippen molar-refractivity contribution in [2.24, 2.45) is 0 Å². The summed E-state index contributed by atoms with van der Waals surface area (Å²) in [5, 5.41) is 2.84. The second kappa shape index (κ2) is 7.90. The van der Waals surface area contributed by atoms with E-state index in [9.17, 15) is 13.2 Å². The molecule has 1 amide bonds. The zero-order valence-corrected chi connectivity index (χ0v) is 14.6. The lowest BCUT2D eigenvalue weighted by molar-refractivity contribution is -0.120. The monoisotopic (exact) mass is 339 g/mol. The molecule has 1 aromatic carbocycles. The Balaban J connectivity index is 1.86. The van der Waals surface area contributed by atoms with E-state index in [0.29, 0.717) is 44.0 Å². The third-order valence-electron chi connectivity index (χ3n) is 4.06. The summed E-state index contributed by atoms with van der Waals surface area (Å²) in [5.41, 5.74) is 1.04. The van der Waals surface area contributed by atoms with Gasteiger partial charge in [0.15, 0.2) is 0 Å². The first-order valence-corrected chi connectivity index (χ1v) is 9.43. The van der Waals surface area contributed by atoms with Crippen molar-refractivity contribution in [3.8, 4) is 0 Å². The second-order valence-corrected chi connectivity index (χ2v) is 7.70. The van der Waals surface area contributed by atoms with E-state index in [4.69, 9.17) is 0 Å². The van der Waals surface area contributed by atoms with Gasteiger partial charge >= 0.3 is 0 Å². The summed E-state index contributed by atoms with van der Waals surface area (Å²) in [5.74, 6) is 0.0468. The van der Waals surface area contributed by atoms with Crippen molar-refractivity contribution in [2.75, 3.05) is 39.3 Å². The summed E-state index contributed by atoms with van der Waals surface area (Å²) in [7, 11) is -3.40. The van der Waals surface area contributed by atoms with Gasteiger partial charge in [-0.2, -0.15) is 4.31 Å². The molecule has 0 aliphatic carbocycles. The number of rotatable bonds is 6. The summed E-state index contributed by atoms with van der Waals surface area (Å²) >= 11 is 0. The quantitative estimate of drug-likeness (QED) is 0.833. The summed E-state index contributed by atoms with van der Waals surface area (Å²) in [4.78, 5) is 13.7. The van der Waals surface area contributed by atoms with Gasteiger partial charge in [-0.25, -0.2) is 8.42 Å². The maximum Gasteiger partial charge on any atom is 0.243 e. The molecule has 1 N–H and O–H groups in total. The zero-order valence-electron chi connectivity index (χ0n) is 13.8. The molecule has 0 radical (unpaired) electrons. The van der Waals surface area contributed by atoms with E-state index >= 15 is 0 Å². The molecule has 0 spiro atoms. The van der Waals surface area contributed by atoms with Crippen molar-refractivity contribution < 1.29 is 13.2 Å². The first kappa shape index (κ1) is 17.9. The van der Waals surface area contributed by atoms with E-state index in [0.717, 1.165) is 12.1 Å². The molecule has 0 aromatic heterocycles. The van der Waals surface area contributed by atoms with Gasteiger partial charge in [0.25, 0.3) is 0 Å². The molecule has 1 aromatic rings. The van der Waals surface area contributed by atoms with Gasteiger partial charge in [0.05, 0.1) is 4.90 Å². The van der Waals surface area contributed by atoms with Gasteiger partial charge in [-0.15, -0.1) is 0 Å². The molecule has 7 heteroatoms. The number of amides is 1. The van der Waals surface area contributed by atoms with Crippen LogP contribution in [0.1, 0.15) is 18.9 Å². The Bertz CT molecular complexity index is 620. The Morgan fingerprint density at radius 3 is 2.30 bits per heavy atom. The maximum atomic E-state index is 12.6. The molecule has 1 aliphatic rings. The minimum Gasteiger partial charge on any atom is -0.355 e.